The van der Waals surface area contributed by atoms with Gasteiger partial charge in [0, 0.05) is 6.54 Å². The van der Waals surface area contributed by atoms with Crippen LogP contribution in [0, 0.1) is 5.41 Å². The Kier molecular flexibility index (Phi) is 3.59. The van der Waals surface area contributed by atoms with Crippen LogP contribution >= 0.6 is 0 Å². The van der Waals surface area contributed by atoms with Crippen molar-refractivity contribution in [1.82, 2.24) is 14.9 Å². The van der Waals surface area contributed by atoms with Crippen molar-refractivity contribution in [2.24, 2.45) is 11.3 Å². The fraction of sp³-hybridized carbons (Fsp3) is 0.667. The second-order valence-electron chi connectivity index (χ2n) is 5.48. The summed E-state index contributed by atoms with van der Waals surface area (Å²) in [6.45, 7) is 7.85. The SMILES string of the molecule is CC1(C)CCN(Cc2cnc(NN)cn2)CC1. The van der Waals surface area contributed by atoms with E-state index in [1.54, 1.807) is 12.4 Å². The first-order valence-corrected chi connectivity index (χ1v) is 6.09. The molecule has 1 saturated heterocycles. The van der Waals surface area contributed by atoms with Crippen molar-refractivity contribution in [2.75, 3.05) is 18.5 Å². The van der Waals surface area contributed by atoms with Crippen LogP contribution < -0.4 is 11.3 Å². The molecule has 5 nitrogen and oxygen atoms in total. The van der Waals surface area contributed by atoms with E-state index >= 15 is 0 Å². The minimum Gasteiger partial charge on any atom is -0.307 e. The molecule has 0 radical (unpaired) electrons. The van der Waals surface area contributed by atoms with Crippen LogP contribution in [0.5, 0.6) is 0 Å². The molecule has 17 heavy (non-hydrogen) atoms. The van der Waals surface area contributed by atoms with Gasteiger partial charge in [-0.15, -0.1) is 0 Å². The number of nitrogen functional groups attached to an aromatic ring is 1. The van der Waals surface area contributed by atoms with Crippen LogP contribution in [0.25, 0.3) is 0 Å². The standard InChI is InChI=1S/C12H21N5/c1-12(2)3-5-17(6-4-12)9-10-7-15-11(16-13)8-14-10/h7-8H,3-6,9,13H2,1-2H3,(H,15,16). The van der Waals surface area contributed by atoms with Crippen LogP contribution in [0.2, 0.25) is 0 Å². The number of nitrogens with two attached hydrogens (primary N) is 1. The number of piperidine rings is 1. The number of aromatic nitrogens is 2. The van der Waals surface area contributed by atoms with E-state index in [1.165, 1.54) is 12.8 Å². The van der Waals surface area contributed by atoms with Gasteiger partial charge >= 0.3 is 0 Å². The molecule has 1 fully saturated rings. The quantitative estimate of drug-likeness (QED) is 0.612. The molecule has 0 bridgehead atoms. The Morgan fingerprint density at radius 3 is 2.53 bits per heavy atom. The molecule has 2 heterocycles. The summed E-state index contributed by atoms with van der Waals surface area (Å²) in [7, 11) is 0. The molecule has 0 amide bonds. The fourth-order valence-corrected chi connectivity index (χ4v) is 2.06. The van der Waals surface area contributed by atoms with Crippen LogP contribution in [0.1, 0.15) is 32.4 Å². The van der Waals surface area contributed by atoms with Crippen molar-refractivity contribution >= 4 is 5.82 Å². The van der Waals surface area contributed by atoms with E-state index < -0.39 is 0 Å². The number of nitrogens with zero attached hydrogens (tertiary/aromatic N) is 3. The summed E-state index contributed by atoms with van der Waals surface area (Å²) in [5, 5.41) is 0. The van der Waals surface area contributed by atoms with Crippen molar-refractivity contribution < 1.29 is 0 Å². The monoisotopic (exact) mass is 235 g/mol. The zero-order valence-electron chi connectivity index (χ0n) is 10.6. The van der Waals surface area contributed by atoms with Gasteiger partial charge in [0.25, 0.3) is 0 Å². The molecule has 0 unspecified atom stereocenters. The molecule has 94 valence electrons. The molecule has 1 aromatic heterocycles. The van der Waals surface area contributed by atoms with Gasteiger partial charge in [-0.2, -0.15) is 0 Å². The second kappa shape index (κ2) is 4.98. The highest BCUT2D eigenvalue weighted by Crippen LogP contribution is 2.30. The van der Waals surface area contributed by atoms with Crippen LogP contribution in [0.3, 0.4) is 0 Å². The normalized spacial score (nSPS) is 20.2. The van der Waals surface area contributed by atoms with E-state index in [2.05, 4.69) is 34.1 Å². The molecule has 0 atom stereocenters. The van der Waals surface area contributed by atoms with Gasteiger partial charge in [-0.1, -0.05) is 13.8 Å². The second-order valence-corrected chi connectivity index (χ2v) is 5.48. The lowest BCUT2D eigenvalue weighted by Crippen LogP contribution is -2.37. The maximum absolute atomic E-state index is 5.25. The van der Waals surface area contributed by atoms with Gasteiger partial charge in [-0.3, -0.25) is 9.88 Å². The first-order chi connectivity index (χ1) is 8.09. The zero-order valence-corrected chi connectivity index (χ0v) is 10.6. The Labute approximate surface area is 102 Å². The fourth-order valence-electron chi connectivity index (χ4n) is 2.06. The molecule has 1 aliphatic heterocycles. The summed E-state index contributed by atoms with van der Waals surface area (Å²) in [5.74, 6) is 5.86. The number of anilines is 1. The number of hydrogen-bond donors (Lipinski definition) is 2. The van der Waals surface area contributed by atoms with E-state index in [4.69, 9.17) is 5.84 Å². The number of nitrogens with one attached hydrogen (secondary N) is 1. The Morgan fingerprint density at radius 1 is 1.29 bits per heavy atom. The third kappa shape index (κ3) is 3.38. The highest BCUT2D eigenvalue weighted by atomic mass is 15.3. The largest absolute Gasteiger partial charge is 0.307 e. The predicted molar refractivity (Wildman–Crippen MR) is 68.1 cm³/mol. The van der Waals surface area contributed by atoms with Crippen molar-refractivity contribution in [3.8, 4) is 0 Å². The first-order valence-electron chi connectivity index (χ1n) is 6.09. The number of hydrogen-bond acceptors (Lipinski definition) is 5. The van der Waals surface area contributed by atoms with Crippen molar-refractivity contribution in [1.29, 1.82) is 0 Å². The lowest BCUT2D eigenvalue weighted by molar-refractivity contribution is 0.126. The summed E-state index contributed by atoms with van der Waals surface area (Å²) < 4.78 is 0. The third-order valence-electron chi connectivity index (χ3n) is 3.45. The van der Waals surface area contributed by atoms with Gasteiger partial charge in [-0.25, -0.2) is 10.8 Å². The average Bonchev–Trinajstić information content (AvgIpc) is 2.33. The van der Waals surface area contributed by atoms with Crippen LogP contribution in [-0.4, -0.2) is 28.0 Å². The number of likely N-dealkylation sites (tertiary alicyclic amines) is 1. The minimum absolute atomic E-state index is 0.496. The average molecular weight is 235 g/mol. The lowest BCUT2D eigenvalue weighted by atomic mass is 9.83. The van der Waals surface area contributed by atoms with E-state index in [9.17, 15) is 0 Å². The Morgan fingerprint density at radius 2 is 2.00 bits per heavy atom. The summed E-state index contributed by atoms with van der Waals surface area (Å²) >= 11 is 0. The molecular formula is C12H21N5. The summed E-state index contributed by atoms with van der Waals surface area (Å²) in [4.78, 5) is 10.9. The highest BCUT2D eigenvalue weighted by Gasteiger charge is 2.25. The maximum Gasteiger partial charge on any atom is 0.158 e. The Bertz CT molecular complexity index is 350. The first kappa shape index (κ1) is 12.3. The van der Waals surface area contributed by atoms with Gasteiger partial charge in [-0.05, 0) is 31.3 Å². The van der Waals surface area contributed by atoms with Gasteiger partial charge in [0.15, 0.2) is 5.82 Å². The van der Waals surface area contributed by atoms with E-state index in [1.807, 2.05) is 0 Å². The van der Waals surface area contributed by atoms with Gasteiger partial charge < -0.3 is 5.43 Å². The number of rotatable bonds is 3. The molecule has 3 N–H and O–H groups in total. The molecular weight excluding hydrogens is 214 g/mol. The van der Waals surface area contributed by atoms with Crippen LogP contribution in [0.15, 0.2) is 12.4 Å². The maximum atomic E-state index is 5.25. The smallest absolute Gasteiger partial charge is 0.158 e. The predicted octanol–water partition coefficient (Wildman–Crippen LogP) is 1.38. The molecule has 0 aliphatic carbocycles. The molecule has 2 rings (SSSR count). The Hall–Kier alpha value is -1.20. The van der Waals surface area contributed by atoms with Crippen LogP contribution in [-0.2, 0) is 6.54 Å². The summed E-state index contributed by atoms with van der Waals surface area (Å²) in [6.07, 6.45) is 5.96. The number of hydrazine groups is 1. The third-order valence-corrected chi connectivity index (χ3v) is 3.45. The molecule has 0 aromatic carbocycles. The zero-order chi connectivity index (χ0) is 12.3. The van der Waals surface area contributed by atoms with E-state index in [0.717, 1.165) is 25.3 Å². The molecule has 5 heteroatoms. The van der Waals surface area contributed by atoms with E-state index in [-0.39, 0.29) is 0 Å². The van der Waals surface area contributed by atoms with Crippen molar-refractivity contribution in [2.45, 2.75) is 33.2 Å². The summed E-state index contributed by atoms with van der Waals surface area (Å²) in [6, 6.07) is 0. The van der Waals surface area contributed by atoms with E-state index in [0.29, 0.717) is 11.2 Å². The summed E-state index contributed by atoms with van der Waals surface area (Å²) in [5.41, 5.74) is 3.98. The lowest BCUT2D eigenvalue weighted by Gasteiger charge is -2.36. The van der Waals surface area contributed by atoms with Crippen molar-refractivity contribution in [3.05, 3.63) is 18.1 Å². The molecule has 1 aliphatic rings. The van der Waals surface area contributed by atoms with Gasteiger partial charge in [0.1, 0.15) is 0 Å². The topological polar surface area (TPSA) is 67.1 Å². The highest BCUT2D eigenvalue weighted by molar-refractivity contribution is 5.28. The molecule has 1 aromatic rings. The van der Waals surface area contributed by atoms with Crippen LogP contribution in [0.4, 0.5) is 5.82 Å². The van der Waals surface area contributed by atoms with Gasteiger partial charge in [0.05, 0.1) is 18.1 Å². The molecule has 0 saturated carbocycles. The van der Waals surface area contributed by atoms with Gasteiger partial charge in [0.2, 0.25) is 0 Å². The Balaban J connectivity index is 1.89. The van der Waals surface area contributed by atoms with Crippen molar-refractivity contribution in [3.63, 3.8) is 0 Å². The molecule has 0 spiro atoms. The minimum atomic E-state index is 0.496.